The van der Waals surface area contributed by atoms with E-state index in [0.717, 1.165) is 0 Å². The molecule has 0 saturated heterocycles. The number of fused-ring (bicyclic) bond motifs is 1. The smallest absolute Gasteiger partial charge is 0.257 e. The van der Waals surface area contributed by atoms with Crippen LogP contribution < -0.4 is 10.1 Å². The van der Waals surface area contributed by atoms with Crippen LogP contribution in [-0.2, 0) is 0 Å². The van der Waals surface area contributed by atoms with Gasteiger partial charge in [-0.3, -0.25) is 14.2 Å². The molecule has 0 spiro atoms. The molecule has 0 fully saturated rings. The van der Waals surface area contributed by atoms with E-state index in [2.05, 4.69) is 5.32 Å². The minimum Gasteiger partial charge on any atom is -0.497 e. The summed E-state index contributed by atoms with van der Waals surface area (Å²) in [5, 5.41) is 4.15. The van der Waals surface area contributed by atoms with E-state index in [-0.39, 0.29) is 11.8 Å². The summed E-state index contributed by atoms with van der Waals surface area (Å²) in [5.74, 6) is 0.00796. The minimum atomic E-state index is -0.387. The van der Waals surface area contributed by atoms with Crippen LogP contribution in [0.2, 0.25) is 10.0 Å². The molecule has 0 aliphatic rings. The van der Waals surface area contributed by atoms with Gasteiger partial charge in [-0.2, -0.15) is 0 Å². The summed E-state index contributed by atoms with van der Waals surface area (Å²) in [7, 11) is 1.54. The maximum atomic E-state index is 12.7. The van der Waals surface area contributed by atoms with Gasteiger partial charge < -0.3 is 10.1 Å². The number of carbonyl (C=O) groups is 2. The second-order valence-corrected chi connectivity index (χ2v) is 6.24. The Labute approximate surface area is 154 Å². The second kappa shape index (κ2) is 6.78. The Balaban J connectivity index is 2.07. The van der Waals surface area contributed by atoms with Crippen molar-refractivity contribution < 1.29 is 14.3 Å². The Morgan fingerprint density at radius 1 is 1.12 bits per heavy atom. The van der Waals surface area contributed by atoms with E-state index in [1.807, 2.05) is 0 Å². The molecule has 1 N–H and O–H groups in total. The van der Waals surface area contributed by atoms with Gasteiger partial charge in [0.25, 0.3) is 5.91 Å². The highest BCUT2D eigenvalue weighted by Crippen LogP contribution is 2.29. The molecule has 3 aromatic rings. The fourth-order valence-electron chi connectivity index (χ4n) is 2.56. The lowest BCUT2D eigenvalue weighted by Crippen LogP contribution is -2.12. The van der Waals surface area contributed by atoms with Crippen molar-refractivity contribution in [3.63, 3.8) is 0 Å². The quantitative estimate of drug-likeness (QED) is 0.709. The van der Waals surface area contributed by atoms with Crippen molar-refractivity contribution in [2.24, 2.45) is 0 Å². The highest BCUT2D eigenvalue weighted by atomic mass is 35.5. The van der Waals surface area contributed by atoms with Gasteiger partial charge in [0.2, 0.25) is 5.91 Å². The number of hydrogen-bond acceptors (Lipinski definition) is 3. The molecule has 25 heavy (non-hydrogen) atoms. The summed E-state index contributed by atoms with van der Waals surface area (Å²) in [5.41, 5.74) is 1.40. The number of carbonyl (C=O) groups excluding carboxylic acids is 2. The molecule has 1 heterocycles. The van der Waals surface area contributed by atoms with Crippen molar-refractivity contribution >= 4 is 51.6 Å². The highest BCUT2D eigenvalue weighted by Gasteiger charge is 2.18. The number of nitrogens with zero attached hydrogens (tertiary/aromatic N) is 1. The Bertz CT molecular complexity index is 995. The lowest BCUT2D eigenvalue weighted by Gasteiger charge is -2.07. The lowest BCUT2D eigenvalue weighted by atomic mass is 10.1. The fraction of sp³-hybridized carbons (Fsp3) is 0.111. The van der Waals surface area contributed by atoms with E-state index in [1.165, 1.54) is 24.8 Å². The third-order valence-corrected chi connectivity index (χ3v) is 4.32. The van der Waals surface area contributed by atoms with Crippen LogP contribution in [0, 0.1) is 0 Å². The van der Waals surface area contributed by atoms with Crippen LogP contribution in [0.25, 0.3) is 10.9 Å². The molecule has 7 heteroatoms. The number of rotatable bonds is 3. The van der Waals surface area contributed by atoms with Crippen LogP contribution in [0.3, 0.4) is 0 Å². The van der Waals surface area contributed by atoms with E-state index in [9.17, 15) is 9.59 Å². The first-order valence-corrected chi connectivity index (χ1v) is 8.12. The van der Waals surface area contributed by atoms with Gasteiger partial charge in [-0.1, -0.05) is 23.2 Å². The highest BCUT2D eigenvalue weighted by molar-refractivity contribution is 6.37. The summed E-state index contributed by atoms with van der Waals surface area (Å²) in [6.07, 6.45) is 1.51. The van der Waals surface area contributed by atoms with Gasteiger partial charge in [-0.25, -0.2) is 0 Å². The van der Waals surface area contributed by atoms with Crippen LogP contribution >= 0.6 is 23.2 Å². The molecule has 3 rings (SSSR count). The van der Waals surface area contributed by atoms with Crippen molar-refractivity contribution in [3.8, 4) is 5.75 Å². The summed E-state index contributed by atoms with van der Waals surface area (Å²) in [6.45, 7) is 1.43. The summed E-state index contributed by atoms with van der Waals surface area (Å²) in [4.78, 5) is 24.6. The van der Waals surface area contributed by atoms with E-state index < -0.39 is 0 Å². The molecule has 0 aliphatic heterocycles. The van der Waals surface area contributed by atoms with E-state index >= 15 is 0 Å². The van der Waals surface area contributed by atoms with Crippen LogP contribution in [-0.4, -0.2) is 23.5 Å². The SMILES string of the molecule is COc1ccc2c(c1)c(C(=O)Nc1ccc(Cl)cc1Cl)cn2C(C)=O. The zero-order valence-electron chi connectivity index (χ0n) is 13.5. The third-order valence-electron chi connectivity index (χ3n) is 3.77. The van der Waals surface area contributed by atoms with E-state index in [0.29, 0.717) is 37.9 Å². The standard InChI is InChI=1S/C18H14Cl2N2O3/c1-10(23)22-9-14(13-8-12(25-2)4-6-17(13)22)18(24)21-16-5-3-11(19)7-15(16)20/h3-9H,1-2H3,(H,21,24). The van der Waals surface area contributed by atoms with Gasteiger partial charge in [-0.15, -0.1) is 0 Å². The molecule has 0 saturated carbocycles. The zero-order chi connectivity index (χ0) is 18.1. The molecule has 2 aromatic carbocycles. The Kier molecular flexibility index (Phi) is 4.70. The number of amides is 1. The molecular formula is C18H14Cl2N2O3. The Morgan fingerprint density at radius 3 is 2.52 bits per heavy atom. The van der Waals surface area contributed by atoms with Crippen molar-refractivity contribution in [1.82, 2.24) is 4.57 Å². The Hall–Kier alpha value is -2.50. The summed E-state index contributed by atoms with van der Waals surface area (Å²) in [6, 6.07) is 9.98. The van der Waals surface area contributed by atoms with Crippen LogP contribution in [0.4, 0.5) is 5.69 Å². The van der Waals surface area contributed by atoms with Crippen LogP contribution in [0.15, 0.2) is 42.6 Å². The number of methoxy groups -OCH3 is 1. The summed E-state index contributed by atoms with van der Waals surface area (Å²) < 4.78 is 6.64. The number of benzene rings is 2. The van der Waals surface area contributed by atoms with Crippen molar-refractivity contribution in [3.05, 3.63) is 58.2 Å². The number of ether oxygens (including phenoxy) is 1. The van der Waals surface area contributed by atoms with Crippen molar-refractivity contribution in [2.75, 3.05) is 12.4 Å². The normalized spacial score (nSPS) is 10.7. The number of hydrogen-bond donors (Lipinski definition) is 1. The Morgan fingerprint density at radius 2 is 1.88 bits per heavy atom. The molecule has 0 unspecified atom stereocenters. The van der Waals surface area contributed by atoms with Gasteiger partial charge in [0, 0.05) is 23.5 Å². The van der Waals surface area contributed by atoms with E-state index in [1.54, 1.807) is 36.4 Å². The first-order valence-electron chi connectivity index (χ1n) is 7.37. The molecule has 0 aliphatic carbocycles. The minimum absolute atomic E-state index is 0.196. The monoisotopic (exact) mass is 376 g/mol. The topological polar surface area (TPSA) is 60.3 Å². The van der Waals surface area contributed by atoms with Gasteiger partial charge >= 0.3 is 0 Å². The molecule has 1 amide bonds. The lowest BCUT2D eigenvalue weighted by molar-refractivity contribution is 0.0941. The predicted molar refractivity (Wildman–Crippen MR) is 99.2 cm³/mol. The van der Waals surface area contributed by atoms with E-state index in [4.69, 9.17) is 27.9 Å². The number of aromatic nitrogens is 1. The molecule has 1 aromatic heterocycles. The maximum absolute atomic E-state index is 12.7. The average Bonchev–Trinajstić information content (AvgIpc) is 2.96. The van der Waals surface area contributed by atoms with Crippen molar-refractivity contribution in [2.45, 2.75) is 6.92 Å². The first-order chi connectivity index (χ1) is 11.9. The molecule has 128 valence electrons. The molecule has 5 nitrogen and oxygen atoms in total. The largest absolute Gasteiger partial charge is 0.497 e. The zero-order valence-corrected chi connectivity index (χ0v) is 15.0. The molecule has 0 atom stereocenters. The summed E-state index contributed by atoms with van der Waals surface area (Å²) >= 11 is 12.0. The molecule has 0 bridgehead atoms. The number of halogens is 2. The van der Waals surface area contributed by atoms with Gasteiger partial charge in [0.15, 0.2) is 0 Å². The van der Waals surface area contributed by atoms with Gasteiger partial charge in [0.05, 0.1) is 28.9 Å². The van der Waals surface area contributed by atoms with Crippen molar-refractivity contribution in [1.29, 1.82) is 0 Å². The molecular weight excluding hydrogens is 363 g/mol. The first kappa shape index (κ1) is 17.3. The maximum Gasteiger partial charge on any atom is 0.257 e. The average molecular weight is 377 g/mol. The van der Waals surface area contributed by atoms with Crippen LogP contribution in [0.5, 0.6) is 5.75 Å². The number of anilines is 1. The molecule has 0 radical (unpaired) electrons. The predicted octanol–water partition coefficient (Wildman–Crippen LogP) is 4.87. The second-order valence-electron chi connectivity index (χ2n) is 5.39. The van der Waals surface area contributed by atoms with Gasteiger partial charge in [-0.05, 0) is 36.4 Å². The van der Waals surface area contributed by atoms with Gasteiger partial charge in [0.1, 0.15) is 5.75 Å². The third kappa shape index (κ3) is 3.34. The fourth-order valence-corrected chi connectivity index (χ4v) is 3.01. The number of nitrogens with one attached hydrogen (secondary N) is 1. The van der Waals surface area contributed by atoms with Crippen LogP contribution in [0.1, 0.15) is 22.1 Å².